The molecule has 9 heteroatoms. The van der Waals surface area contributed by atoms with E-state index in [1.54, 1.807) is 30.5 Å². The summed E-state index contributed by atoms with van der Waals surface area (Å²) in [4.78, 5) is 12.3. The van der Waals surface area contributed by atoms with Crippen LogP contribution in [0.1, 0.15) is 18.5 Å². The lowest BCUT2D eigenvalue weighted by Crippen LogP contribution is -2.43. The highest BCUT2D eigenvalue weighted by Gasteiger charge is 2.34. The van der Waals surface area contributed by atoms with Gasteiger partial charge in [0.1, 0.15) is 4.21 Å². The maximum atomic E-state index is 12.6. The number of carbonyl (C=O) groups excluding carboxylic acids is 1. The topological polar surface area (TPSA) is 92.5 Å². The number of carbonyl (C=O) groups is 1. The summed E-state index contributed by atoms with van der Waals surface area (Å²) in [6, 6.07) is 4.92. The lowest BCUT2D eigenvalue weighted by molar-refractivity contribution is -0.121. The number of nitrogens with zero attached hydrogens (tertiary/aromatic N) is 2. The standard InChI is InChI=1S/C14H17N3O4S2/c1-10-8-12(21-16-10)15-14(18)11-4-2-6-17(9-11)23(19,20)13-5-3-7-22-13/h3,5,7-8,11H,2,4,6,9H2,1H3,(H,15,18)/t11-/m0/s1. The second-order valence-corrected chi connectivity index (χ2v) is 8.57. The molecule has 0 bridgehead atoms. The Kier molecular flexibility index (Phi) is 4.51. The molecule has 23 heavy (non-hydrogen) atoms. The monoisotopic (exact) mass is 355 g/mol. The molecule has 1 saturated heterocycles. The Hall–Kier alpha value is -1.71. The highest BCUT2D eigenvalue weighted by atomic mass is 32.2. The molecule has 0 unspecified atom stereocenters. The predicted octanol–water partition coefficient (Wildman–Crippen LogP) is 2.08. The van der Waals surface area contributed by atoms with Gasteiger partial charge >= 0.3 is 0 Å². The molecule has 1 amide bonds. The zero-order chi connectivity index (χ0) is 16.4. The van der Waals surface area contributed by atoms with E-state index in [-0.39, 0.29) is 18.3 Å². The van der Waals surface area contributed by atoms with Crippen LogP contribution in [-0.2, 0) is 14.8 Å². The van der Waals surface area contributed by atoms with Crippen molar-refractivity contribution in [3.8, 4) is 0 Å². The van der Waals surface area contributed by atoms with Gasteiger partial charge in [-0.2, -0.15) is 4.31 Å². The van der Waals surface area contributed by atoms with Crippen molar-refractivity contribution in [2.24, 2.45) is 5.92 Å². The van der Waals surface area contributed by atoms with E-state index in [4.69, 9.17) is 4.52 Å². The van der Waals surface area contributed by atoms with Crippen molar-refractivity contribution in [1.29, 1.82) is 0 Å². The molecule has 0 saturated carbocycles. The Labute approximate surface area is 138 Å². The van der Waals surface area contributed by atoms with Crippen LogP contribution < -0.4 is 5.32 Å². The van der Waals surface area contributed by atoms with Crippen molar-refractivity contribution in [2.75, 3.05) is 18.4 Å². The fourth-order valence-corrected chi connectivity index (χ4v) is 5.23. The molecule has 0 radical (unpaired) electrons. The van der Waals surface area contributed by atoms with Crippen LogP contribution in [0.15, 0.2) is 32.3 Å². The van der Waals surface area contributed by atoms with Gasteiger partial charge in [0.05, 0.1) is 11.6 Å². The van der Waals surface area contributed by atoms with Crippen LogP contribution in [0.5, 0.6) is 0 Å². The number of nitrogens with one attached hydrogen (secondary N) is 1. The summed E-state index contributed by atoms with van der Waals surface area (Å²) >= 11 is 1.19. The number of amides is 1. The first-order chi connectivity index (χ1) is 11.0. The highest BCUT2D eigenvalue weighted by molar-refractivity contribution is 7.91. The molecule has 3 rings (SSSR count). The first kappa shape index (κ1) is 16.2. The summed E-state index contributed by atoms with van der Waals surface area (Å²) in [6.07, 6.45) is 1.30. The first-order valence-corrected chi connectivity index (χ1v) is 9.56. The van der Waals surface area contributed by atoms with Crippen LogP contribution in [-0.4, -0.2) is 36.9 Å². The van der Waals surface area contributed by atoms with E-state index >= 15 is 0 Å². The van der Waals surface area contributed by atoms with Crippen molar-refractivity contribution < 1.29 is 17.7 Å². The molecule has 0 aromatic carbocycles. The van der Waals surface area contributed by atoms with Gasteiger partial charge in [-0.3, -0.25) is 10.1 Å². The van der Waals surface area contributed by atoms with E-state index in [9.17, 15) is 13.2 Å². The van der Waals surface area contributed by atoms with E-state index in [0.717, 1.165) is 0 Å². The van der Waals surface area contributed by atoms with Crippen molar-refractivity contribution in [2.45, 2.75) is 24.0 Å². The number of anilines is 1. The van der Waals surface area contributed by atoms with Crippen molar-refractivity contribution in [3.05, 3.63) is 29.3 Å². The van der Waals surface area contributed by atoms with Crippen molar-refractivity contribution in [3.63, 3.8) is 0 Å². The van der Waals surface area contributed by atoms with Crippen LogP contribution in [0.3, 0.4) is 0 Å². The molecule has 1 aliphatic rings. The maximum absolute atomic E-state index is 12.6. The Bertz CT molecular complexity index is 783. The largest absolute Gasteiger partial charge is 0.338 e. The summed E-state index contributed by atoms with van der Waals surface area (Å²) in [5, 5.41) is 8.09. The molecule has 0 spiro atoms. The quantitative estimate of drug-likeness (QED) is 0.906. The summed E-state index contributed by atoms with van der Waals surface area (Å²) in [7, 11) is -3.52. The van der Waals surface area contributed by atoms with Gasteiger partial charge in [-0.25, -0.2) is 8.42 Å². The Morgan fingerprint density at radius 2 is 2.35 bits per heavy atom. The summed E-state index contributed by atoms with van der Waals surface area (Å²) in [5.74, 6) is -0.359. The number of hydrogen-bond acceptors (Lipinski definition) is 6. The third-order valence-electron chi connectivity index (χ3n) is 3.72. The van der Waals surface area contributed by atoms with E-state index in [0.29, 0.717) is 29.3 Å². The molecular formula is C14H17N3O4S2. The molecule has 3 heterocycles. The van der Waals surface area contributed by atoms with E-state index in [1.165, 1.54) is 15.6 Å². The predicted molar refractivity (Wildman–Crippen MR) is 85.7 cm³/mol. The van der Waals surface area contributed by atoms with Gasteiger partial charge in [0.25, 0.3) is 10.0 Å². The molecule has 7 nitrogen and oxygen atoms in total. The number of hydrogen-bond donors (Lipinski definition) is 1. The van der Waals surface area contributed by atoms with Crippen LogP contribution in [0.2, 0.25) is 0 Å². The Morgan fingerprint density at radius 1 is 1.52 bits per heavy atom. The van der Waals surface area contributed by atoms with Gasteiger partial charge in [-0.15, -0.1) is 11.3 Å². The number of piperidine rings is 1. The lowest BCUT2D eigenvalue weighted by atomic mass is 9.99. The molecule has 1 aliphatic heterocycles. The molecule has 1 fully saturated rings. The summed E-state index contributed by atoms with van der Waals surface area (Å²) < 4.78 is 31.8. The number of aromatic nitrogens is 1. The number of rotatable bonds is 4. The minimum atomic E-state index is -3.52. The molecule has 2 aromatic heterocycles. The summed E-state index contributed by atoms with van der Waals surface area (Å²) in [5.41, 5.74) is 0.672. The maximum Gasteiger partial charge on any atom is 0.252 e. The fraction of sp³-hybridized carbons (Fsp3) is 0.429. The molecule has 1 atom stereocenters. The molecule has 1 N–H and O–H groups in total. The van der Waals surface area contributed by atoms with Crippen LogP contribution in [0.25, 0.3) is 0 Å². The fourth-order valence-electron chi connectivity index (χ4n) is 2.56. The average molecular weight is 355 g/mol. The van der Waals surface area contributed by atoms with Gasteiger partial charge < -0.3 is 4.52 Å². The van der Waals surface area contributed by atoms with Gasteiger partial charge in [0, 0.05) is 19.2 Å². The third kappa shape index (κ3) is 3.46. The van der Waals surface area contributed by atoms with Gasteiger partial charge in [-0.05, 0) is 31.2 Å². The van der Waals surface area contributed by atoms with E-state index in [1.807, 2.05) is 0 Å². The minimum absolute atomic E-state index is 0.180. The third-order valence-corrected chi connectivity index (χ3v) is 6.96. The van der Waals surface area contributed by atoms with Crippen molar-refractivity contribution in [1.82, 2.24) is 9.46 Å². The van der Waals surface area contributed by atoms with Gasteiger partial charge in [0.15, 0.2) is 0 Å². The zero-order valence-corrected chi connectivity index (χ0v) is 14.2. The van der Waals surface area contributed by atoms with E-state index in [2.05, 4.69) is 10.5 Å². The SMILES string of the molecule is Cc1cc(NC(=O)[C@H]2CCCN(S(=O)(=O)c3cccs3)C2)on1. The molecule has 124 valence electrons. The van der Waals surface area contributed by atoms with Gasteiger partial charge in [-0.1, -0.05) is 11.2 Å². The second kappa shape index (κ2) is 6.42. The Balaban J connectivity index is 1.69. The summed E-state index contributed by atoms with van der Waals surface area (Å²) in [6.45, 7) is 2.37. The van der Waals surface area contributed by atoms with Crippen molar-refractivity contribution >= 4 is 33.2 Å². The van der Waals surface area contributed by atoms with Gasteiger partial charge in [0.2, 0.25) is 11.8 Å². The first-order valence-electron chi connectivity index (χ1n) is 7.24. The molecule has 2 aromatic rings. The van der Waals surface area contributed by atoms with Crippen LogP contribution in [0, 0.1) is 12.8 Å². The smallest absolute Gasteiger partial charge is 0.252 e. The minimum Gasteiger partial charge on any atom is -0.338 e. The zero-order valence-electron chi connectivity index (χ0n) is 12.6. The molecular weight excluding hydrogens is 338 g/mol. The average Bonchev–Trinajstić information content (AvgIpc) is 3.19. The second-order valence-electron chi connectivity index (χ2n) is 5.46. The number of thiophene rings is 1. The molecule has 0 aliphatic carbocycles. The normalized spacial score (nSPS) is 19.6. The lowest BCUT2D eigenvalue weighted by Gasteiger charge is -2.30. The van der Waals surface area contributed by atoms with E-state index < -0.39 is 15.9 Å². The van der Waals surface area contributed by atoms with Crippen LogP contribution in [0.4, 0.5) is 5.88 Å². The van der Waals surface area contributed by atoms with Crippen LogP contribution >= 0.6 is 11.3 Å². The Morgan fingerprint density at radius 3 is 3.00 bits per heavy atom. The highest BCUT2D eigenvalue weighted by Crippen LogP contribution is 2.27. The number of aryl methyl sites for hydroxylation is 1. The number of sulfonamides is 1.